The third-order valence-electron chi connectivity index (χ3n) is 4.24. The maximum atomic E-state index is 12.1. The summed E-state index contributed by atoms with van der Waals surface area (Å²) in [5.41, 5.74) is -0.195. The summed E-state index contributed by atoms with van der Waals surface area (Å²) in [5.74, 6) is -1.29. The zero-order valence-electron chi connectivity index (χ0n) is 12.4. The van der Waals surface area contributed by atoms with E-state index in [0.717, 1.165) is 10.5 Å². The molecule has 120 valence electrons. The Kier molecular flexibility index (Phi) is 3.85. The predicted molar refractivity (Wildman–Crippen MR) is 77.8 cm³/mol. The number of carbonyl (C=O) groups excluding carboxylic acids is 4. The van der Waals surface area contributed by atoms with Crippen molar-refractivity contribution in [2.45, 2.75) is 25.9 Å². The average molecular weight is 316 g/mol. The van der Waals surface area contributed by atoms with E-state index in [1.54, 1.807) is 12.1 Å². The quantitative estimate of drug-likeness (QED) is 0.821. The van der Waals surface area contributed by atoms with Crippen LogP contribution >= 0.6 is 0 Å². The van der Waals surface area contributed by atoms with E-state index in [1.807, 2.05) is 18.2 Å². The molecule has 0 aliphatic carbocycles. The van der Waals surface area contributed by atoms with Crippen LogP contribution in [0, 0.1) is 5.41 Å². The fraction of sp³-hybridized carbons (Fsp3) is 0.375. The number of carbonyl (C=O) groups is 4. The predicted octanol–water partition coefficient (Wildman–Crippen LogP) is 0.979. The van der Waals surface area contributed by atoms with E-state index in [-0.39, 0.29) is 38.3 Å². The number of likely N-dealkylation sites (tertiary alicyclic amines) is 1. The van der Waals surface area contributed by atoms with Crippen LogP contribution in [0.2, 0.25) is 0 Å². The first kappa shape index (κ1) is 15.2. The number of benzene rings is 1. The van der Waals surface area contributed by atoms with Crippen LogP contribution in [0.5, 0.6) is 0 Å². The third kappa shape index (κ3) is 2.94. The van der Waals surface area contributed by atoms with Crippen LogP contribution in [0.1, 0.15) is 24.8 Å². The van der Waals surface area contributed by atoms with Crippen LogP contribution < -0.4 is 5.32 Å². The molecule has 2 heterocycles. The Balaban J connectivity index is 1.64. The molecule has 2 aliphatic heterocycles. The molecule has 2 aliphatic rings. The van der Waals surface area contributed by atoms with Crippen molar-refractivity contribution >= 4 is 23.8 Å². The minimum Gasteiger partial charge on any atom is -0.444 e. The number of rotatable bonds is 2. The highest BCUT2D eigenvalue weighted by Crippen LogP contribution is 2.38. The van der Waals surface area contributed by atoms with Gasteiger partial charge in [-0.15, -0.1) is 0 Å². The molecule has 7 nitrogen and oxygen atoms in total. The Morgan fingerprint density at radius 1 is 1.22 bits per heavy atom. The number of amides is 4. The highest BCUT2D eigenvalue weighted by Gasteiger charge is 2.53. The van der Waals surface area contributed by atoms with Crippen molar-refractivity contribution in [3.8, 4) is 0 Å². The fourth-order valence-electron chi connectivity index (χ4n) is 2.90. The maximum absolute atomic E-state index is 12.1. The lowest BCUT2D eigenvalue weighted by Gasteiger charge is -2.30. The summed E-state index contributed by atoms with van der Waals surface area (Å²) in [6.07, 6.45) is -0.398. The van der Waals surface area contributed by atoms with Gasteiger partial charge in [-0.25, -0.2) is 9.69 Å². The summed E-state index contributed by atoms with van der Waals surface area (Å²) in [7, 11) is 0. The van der Waals surface area contributed by atoms with Crippen molar-refractivity contribution in [3.63, 3.8) is 0 Å². The molecule has 1 unspecified atom stereocenters. The maximum Gasteiger partial charge on any atom is 0.416 e. The standard InChI is InChI=1S/C16H16N2O5/c19-12-6-7-16(14(21)17-12)8-13(20)18(10-16)15(22)23-9-11-4-2-1-3-5-11/h1-5H,6-10H2,(H,17,19,21). The molecule has 2 saturated heterocycles. The summed E-state index contributed by atoms with van der Waals surface area (Å²) in [5, 5.41) is 2.24. The van der Waals surface area contributed by atoms with Gasteiger partial charge >= 0.3 is 6.09 Å². The van der Waals surface area contributed by atoms with Crippen LogP contribution in [-0.2, 0) is 25.7 Å². The topological polar surface area (TPSA) is 92.8 Å². The Labute approximate surface area is 132 Å². The van der Waals surface area contributed by atoms with Crippen LogP contribution in [0.25, 0.3) is 0 Å². The van der Waals surface area contributed by atoms with Gasteiger partial charge in [-0.05, 0) is 12.0 Å². The summed E-state index contributed by atoms with van der Waals surface area (Å²) >= 11 is 0. The van der Waals surface area contributed by atoms with Crippen LogP contribution in [-0.4, -0.2) is 35.3 Å². The van der Waals surface area contributed by atoms with Gasteiger partial charge in [-0.3, -0.25) is 19.7 Å². The second-order valence-corrected chi connectivity index (χ2v) is 5.85. The largest absolute Gasteiger partial charge is 0.444 e. The first-order valence-corrected chi connectivity index (χ1v) is 7.35. The molecule has 3 rings (SSSR count). The van der Waals surface area contributed by atoms with Crippen LogP contribution in [0.4, 0.5) is 4.79 Å². The van der Waals surface area contributed by atoms with Crippen molar-refractivity contribution in [1.82, 2.24) is 10.2 Å². The fourth-order valence-corrected chi connectivity index (χ4v) is 2.90. The van der Waals surface area contributed by atoms with Crippen molar-refractivity contribution in [3.05, 3.63) is 35.9 Å². The summed E-state index contributed by atoms with van der Waals surface area (Å²) in [6.45, 7) is 0.0136. The summed E-state index contributed by atoms with van der Waals surface area (Å²) in [6, 6.07) is 9.11. The van der Waals surface area contributed by atoms with E-state index in [4.69, 9.17) is 4.74 Å². The lowest BCUT2D eigenvalue weighted by molar-refractivity contribution is -0.142. The van der Waals surface area contributed by atoms with Gasteiger partial charge in [-0.2, -0.15) is 0 Å². The molecule has 0 saturated carbocycles. The summed E-state index contributed by atoms with van der Waals surface area (Å²) in [4.78, 5) is 48.5. The van der Waals surface area contributed by atoms with Gasteiger partial charge in [-0.1, -0.05) is 30.3 Å². The van der Waals surface area contributed by atoms with Gasteiger partial charge < -0.3 is 4.74 Å². The lowest BCUT2D eigenvalue weighted by atomic mass is 9.79. The van der Waals surface area contributed by atoms with Gasteiger partial charge in [0.1, 0.15) is 6.61 Å². The number of ether oxygens (including phenoxy) is 1. The van der Waals surface area contributed by atoms with Crippen LogP contribution in [0.15, 0.2) is 30.3 Å². The molecule has 0 bridgehead atoms. The summed E-state index contributed by atoms with van der Waals surface area (Å²) < 4.78 is 5.14. The number of nitrogens with zero attached hydrogens (tertiary/aromatic N) is 1. The highest BCUT2D eigenvalue weighted by molar-refractivity contribution is 6.06. The number of imide groups is 2. The zero-order chi connectivity index (χ0) is 16.4. The third-order valence-corrected chi connectivity index (χ3v) is 4.24. The van der Waals surface area contributed by atoms with Crippen molar-refractivity contribution in [1.29, 1.82) is 0 Å². The van der Waals surface area contributed by atoms with E-state index in [0.29, 0.717) is 0 Å². The Morgan fingerprint density at radius 2 is 1.96 bits per heavy atom. The van der Waals surface area contributed by atoms with E-state index in [9.17, 15) is 19.2 Å². The minimum atomic E-state index is -1.00. The molecule has 4 amide bonds. The van der Waals surface area contributed by atoms with Crippen LogP contribution in [0.3, 0.4) is 0 Å². The highest BCUT2D eigenvalue weighted by atomic mass is 16.6. The lowest BCUT2D eigenvalue weighted by Crippen LogP contribution is -2.50. The van der Waals surface area contributed by atoms with Crippen molar-refractivity contribution < 1.29 is 23.9 Å². The van der Waals surface area contributed by atoms with Gasteiger partial charge in [0.25, 0.3) is 0 Å². The Morgan fingerprint density at radius 3 is 2.65 bits per heavy atom. The molecule has 1 spiro atoms. The van der Waals surface area contributed by atoms with Crippen molar-refractivity contribution in [2.75, 3.05) is 6.54 Å². The van der Waals surface area contributed by atoms with E-state index < -0.39 is 23.3 Å². The number of hydrogen-bond acceptors (Lipinski definition) is 5. The second kappa shape index (κ2) is 5.83. The molecule has 2 fully saturated rings. The molecule has 1 aromatic carbocycles. The van der Waals surface area contributed by atoms with E-state index >= 15 is 0 Å². The average Bonchev–Trinajstić information content (AvgIpc) is 2.88. The molecule has 23 heavy (non-hydrogen) atoms. The molecule has 0 radical (unpaired) electrons. The molecular weight excluding hydrogens is 300 g/mol. The molecule has 1 atom stereocenters. The van der Waals surface area contributed by atoms with E-state index in [1.165, 1.54) is 0 Å². The van der Waals surface area contributed by atoms with Gasteiger partial charge in [0.15, 0.2) is 0 Å². The molecule has 7 heteroatoms. The smallest absolute Gasteiger partial charge is 0.416 e. The molecule has 0 aromatic heterocycles. The molecule has 1 aromatic rings. The first-order chi connectivity index (χ1) is 11.0. The van der Waals surface area contributed by atoms with Crippen molar-refractivity contribution in [2.24, 2.45) is 5.41 Å². The Bertz CT molecular complexity index is 672. The number of piperidine rings is 1. The second-order valence-electron chi connectivity index (χ2n) is 5.85. The first-order valence-electron chi connectivity index (χ1n) is 7.35. The normalized spacial score (nSPS) is 24.0. The van der Waals surface area contributed by atoms with E-state index in [2.05, 4.69) is 5.32 Å². The van der Waals surface area contributed by atoms with Gasteiger partial charge in [0.2, 0.25) is 17.7 Å². The Hall–Kier alpha value is -2.70. The monoisotopic (exact) mass is 316 g/mol. The minimum absolute atomic E-state index is 0.0431. The zero-order valence-corrected chi connectivity index (χ0v) is 12.4. The number of hydrogen-bond donors (Lipinski definition) is 1. The van der Waals surface area contributed by atoms with Gasteiger partial charge in [0, 0.05) is 19.4 Å². The van der Waals surface area contributed by atoms with Gasteiger partial charge in [0.05, 0.1) is 5.41 Å². The number of nitrogens with one attached hydrogen (secondary N) is 1. The SMILES string of the molecule is O=C1CCC2(CC(=O)N(C(=O)OCc3ccccc3)C2)C(=O)N1. The molecular formula is C16H16N2O5. The molecule has 1 N–H and O–H groups in total.